The molecule has 0 aliphatic heterocycles. The SMILES string of the molecule is CCOC(=O)NC(CNC(=O)c1ccc(NCCOC)c([N+](=O)[O-])c1)CC(C)C. The van der Waals surface area contributed by atoms with Crippen molar-refractivity contribution in [1.29, 1.82) is 0 Å². The lowest BCUT2D eigenvalue weighted by atomic mass is 10.0. The third kappa shape index (κ3) is 8.77. The summed E-state index contributed by atoms with van der Waals surface area (Å²) in [5, 5.41) is 19.7. The number of carbonyl (C=O) groups excluding carboxylic acids is 2. The van der Waals surface area contributed by atoms with E-state index in [1.807, 2.05) is 13.8 Å². The normalized spacial score (nSPS) is 11.6. The standard InChI is InChI=1S/C19H30N4O6/c1-5-29-19(25)22-15(10-13(2)3)12-21-18(24)14-6-7-16(20-8-9-28-4)17(11-14)23(26)27/h6-7,11,13,15,20H,5,8-10,12H2,1-4H3,(H,21,24)(H,22,25). The van der Waals surface area contributed by atoms with Gasteiger partial charge in [-0.25, -0.2) is 4.79 Å². The lowest BCUT2D eigenvalue weighted by Gasteiger charge is -2.20. The third-order valence-electron chi connectivity index (χ3n) is 3.94. The molecular formula is C19H30N4O6. The molecule has 0 heterocycles. The number of amides is 2. The smallest absolute Gasteiger partial charge is 0.407 e. The Hall–Kier alpha value is -2.88. The van der Waals surface area contributed by atoms with Gasteiger partial charge in [-0.15, -0.1) is 0 Å². The summed E-state index contributed by atoms with van der Waals surface area (Å²) in [6.07, 6.45) is 0.0937. The average molecular weight is 410 g/mol. The highest BCUT2D eigenvalue weighted by molar-refractivity contribution is 5.95. The molecule has 0 spiro atoms. The van der Waals surface area contributed by atoms with E-state index in [-0.39, 0.29) is 36.4 Å². The molecule has 3 N–H and O–H groups in total. The van der Waals surface area contributed by atoms with Gasteiger partial charge in [0.2, 0.25) is 0 Å². The summed E-state index contributed by atoms with van der Waals surface area (Å²) in [5.74, 6) is -0.173. The Morgan fingerprint density at radius 2 is 2.00 bits per heavy atom. The number of carbonyl (C=O) groups is 2. The number of benzene rings is 1. The van der Waals surface area contributed by atoms with Gasteiger partial charge in [0.1, 0.15) is 5.69 Å². The van der Waals surface area contributed by atoms with Crippen LogP contribution in [0, 0.1) is 16.0 Å². The van der Waals surface area contributed by atoms with Crippen molar-refractivity contribution in [1.82, 2.24) is 10.6 Å². The molecule has 0 fully saturated rings. The van der Waals surface area contributed by atoms with E-state index in [2.05, 4.69) is 16.0 Å². The van der Waals surface area contributed by atoms with Gasteiger partial charge in [-0.05, 0) is 31.4 Å². The third-order valence-corrected chi connectivity index (χ3v) is 3.94. The molecule has 0 saturated carbocycles. The molecule has 1 atom stereocenters. The number of alkyl carbamates (subject to hydrolysis) is 1. The summed E-state index contributed by atoms with van der Waals surface area (Å²) < 4.78 is 9.80. The molecule has 29 heavy (non-hydrogen) atoms. The number of nitrogens with one attached hydrogen (secondary N) is 3. The van der Waals surface area contributed by atoms with Crippen LogP contribution in [-0.2, 0) is 9.47 Å². The minimum Gasteiger partial charge on any atom is -0.450 e. The second-order valence-electron chi connectivity index (χ2n) is 6.81. The summed E-state index contributed by atoms with van der Waals surface area (Å²) in [5.41, 5.74) is 0.274. The highest BCUT2D eigenvalue weighted by Crippen LogP contribution is 2.25. The number of methoxy groups -OCH3 is 1. The van der Waals surface area contributed by atoms with Gasteiger partial charge in [0.15, 0.2) is 0 Å². The van der Waals surface area contributed by atoms with Gasteiger partial charge in [-0.2, -0.15) is 0 Å². The molecule has 1 unspecified atom stereocenters. The van der Waals surface area contributed by atoms with Crippen LogP contribution in [0.1, 0.15) is 37.6 Å². The Morgan fingerprint density at radius 1 is 1.28 bits per heavy atom. The van der Waals surface area contributed by atoms with Crippen LogP contribution >= 0.6 is 0 Å². The van der Waals surface area contributed by atoms with Crippen LogP contribution < -0.4 is 16.0 Å². The minimum absolute atomic E-state index is 0.161. The van der Waals surface area contributed by atoms with Gasteiger partial charge in [0, 0.05) is 37.9 Å². The predicted octanol–water partition coefficient (Wildman–Crippen LogP) is 2.54. The maximum atomic E-state index is 12.5. The maximum absolute atomic E-state index is 12.5. The second-order valence-corrected chi connectivity index (χ2v) is 6.81. The van der Waals surface area contributed by atoms with E-state index in [0.29, 0.717) is 25.3 Å². The zero-order valence-corrected chi connectivity index (χ0v) is 17.3. The fourth-order valence-corrected chi connectivity index (χ4v) is 2.68. The predicted molar refractivity (Wildman–Crippen MR) is 109 cm³/mol. The molecule has 10 heteroatoms. The first-order chi connectivity index (χ1) is 13.8. The van der Waals surface area contributed by atoms with E-state index in [1.54, 1.807) is 6.92 Å². The van der Waals surface area contributed by atoms with Crippen LogP contribution in [0.3, 0.4) is 0 Å². The fraction of sp³-hybridized carbons (Fsp3) is 0.579. The molecule has 2 amide bonds. The number of ether oxygens (including phenoxy) is 2. The van der Waals surface area contributed by atoms with Crippen molar-refractivity contribution in [2.24, 2.45) is 5.92 Å². The lowest BCUT2D eigenvalue weighted by molar-refractivity contribution is -0.384. The first kappa shape index (κ1) is 24.2. The fourth-order valence-electron chi connectivity index (χ4n) is 2.68. The number of nitrogens with zero attached hydrogens (tertiary/aromatic N) is 1. The topological polar surface area (TPSA) is 132 Å². The van der Waals surface area contributed by atoms with Crippen molar-refractivity contribution >= 4 is 23.4 Å². The quantitative estimate of drug-likeness (QED) is 0.274. The van der Waals surface area contributed by atoms with Crippen molar-refractivity contribution in [3.63, 3.8) is 0 Å². The zero-order chi connectivity index (χ0) is 21.8. The van der Waals surface area contributed by atoms with Crippen molar-refractivity contribution in [2.45, 2.75) is 33.2 Å². The van der Waals surface area contributed by atoms with Crippen LogP contribution in [0.15, 0.2) is 18.2 Å². The molecule has 1 aromatic carbocycles. The summed E-state index contributed by atoms with van der Waals surface area (Å²) in [6, 6.07) is 3.91. The van der Waals surface area contributed by atoms with E-state index in [1.165, 1.54) is 25.3 Å². The Balaban J connectivity index is 2.81. The van der Waals surface area contributed by atoms with Crippen molar-refractivity contribution in [2.75, 3.05) is 38.7 Å². The van der Waals surface area contributed by atoms with E-state index in [9.17, 15) is 19.7 Å². The Kier molecular flexibility index (Phi) is 10.5. The average Bonchev–Trinajstić information content (AvgIpc) is 2.65. The van der Waals surface area contributed by atoms with Gasteiger partial charge in [-0.1, -0.05) is 13.8 Å². The molecule has 0 saturated heterocycles. The van der Waals surface area contributed by atoms with Crippen molar-refractivity contribution in [3.8, 4) is 0 Å². The molecule has 1 aromatic rings. The van der Waals surface area contributed by atoms with Gasteiger partial charge >= 0.3 is 6.09 Å². The molecule has 0 aliphatic rings. The van der Waals surface area contributed by atoms with Crippen LogP contribution in [-0.4, -0.2) is 56.4 Å². The van der Waals surface area contributed by atoms with E-state index < -0.39 is 16.9 Å². The first-order valence-electron chi connectivity index (χ1n) is 9.51. The largest absolute Gasteiger partial charge is 0.450 e. The second kappa shape index (κ2) is 12.6. The number of anilines is 1. The number of nitro groups is 1. The van der Waals surface area contributed by atoms with E-state index in [0.717, 1.165) is 0 Å². The number of rotatable bonds is 12. The molecule has 0 aromatic heterocycles. The first-order valence-corrected chi connectivity index (χ1v) is 9.51. The monoisotopic (exact) mass is 410 g/mol. The molecule has 162 valence electrons. The number of hydrogen-bond donors (Lipinski definition) is 3. The van der Waals surface area contributed by atoms with Crippen molar-refractivity contribution in [3.05, 3.63) is 33.9 Å². The van der Waals surface area contributed by atoms with Gasteiger partial charge < -0.3 is 25.4 Å². The summed E-state index contributed by atoms with van der Waals surface area (Å²) in [7, 11) is 1.53. The van der Waals surface area contributed by atoms with E-state index in [4.69, 9.17) is 9.47 Å². The Labute approximate surface area is 170 Å². The van der Waals surface area contributed by atoms with Gasteiger partial charge in [0.05, 0.1) is 18.1 Å². The van der Waals surface area contributed by atoms with Crippen LogP contribution in [0.25, 0.3) is 0 Å². The highest BCUT2D eigenvalue weighted by atomic mass is 16.6. The van der Waals surface area contributed by atoms with Crippen LogP contribution in [0.4, 0.5) is 16.2 Å². The zero-order valence-electron chi connectivity index (χ0n) is 17.3. The lowest BCUT2D eigenvalue weighted by Crippen LogP contribution is -2.44. The Bertz CT molecular complexity index is 695. The number of hydrogen-bond acceptors (Lipinski definition) is 7. The molecule has 1 rings (SSSR count). The molecule has 10 nitrogen and oxygen atoms in total. The van der Waals surface area contributed by atoms with Crippen molar-refractivity contribution < 1.29 is 24.0 Å². The summed E-state index contributed by atoms with van der Waals surface area (Å²) in [4.78, 5) is 34.9. The minimum atomic E-state index is -0.547. The van der Waals surface area contributed by atoms with Crippen LogP contribution in [0.2, 0.25) is 0 Å². The van der Waals surface area contributed by atoms with E-state index >= 15 is 0 Å². The molecule has 0 aliphatic carbocycles. The Morgan fingerprint density at radius 3 is 2.59 bits per heavy atom. The summed E-state index contributed by atoms with van der Waals surface area (Å²) in [6.45, 7) is 6.93. The molecular weight excluding hydrogens is 380 g/mol. The van der Waals surface area contributed by atoms with Gasteiger partial charge in [-0.3, -0.25) is 14.9 Å². The highest BCUT2D eigenvalue weighted by Gasteiger charge is 2.19. The summed E-state index contributed by atoms with van der Waals surface area (Å²) >= 11 is 0. The molecule has 0 bridgehead atoms. The maximum Gasteiger partial charge on any atom is 0.407 e. The number of nitro benzene ring substituents is 1. The molecule has 0 radical (unpaired) electrons. The van der Waals surface area contributed by atoms with Crippen LogP contribution in [0.5, 0.6) is 0 Å². The van der Waals surface area contributed by atoms with Gasteiger partial charge in [0.25, 0.3) is 11.6 Å².